The molecule has 37 heavy (non-hydrogen) atoms. The number of hydrogen-bond donors (Lipinski definition) is 5. The van der Waals surface area contributed by atoms with Crippen molar-refractivity contribution in [2.24, 2.45) is 16.5 Å². The molecule has 1 aromatic heterocycles. The number of alkyl halides is 1. The highest BCUT2D eigenvalue weighted by atomic mass is 127. The summed E-state index contributed by atoms with van der Waals surface area (Å²) in [5, 5.41) is 20.7. The first-order valence-corrected chi connectivity index (χ1v) is 12.5. The fraction of sp³-hybridized carbons (Fsp3) is 0.261. The Kier molecular flexibility index (Phi) is 7.82. The van der Waals surface area contributed by atoms with Gasteiger partial charge in [-0.05, 0) is 58.5 Å². The largest absolute Gasteiger partial charge is 0.481 e. The fourth-order valence-electron chi connectivity index (χ4n) is 4.22. The Balaban J connectivity index is 1.87. The van der Waals surface area contributed by atoms with Crippen LogP contribution in [0.3, 0.4) is 0 Å². The van der Waals surface area contributed by atoms with Gasteiger partial charge in [0.1, 0.15) is 12.2 Å². The number of benzene rings is 2. The zero-order chi connectivity index (χ0) is 26.9. The molecule has 2 amide bonds. The number of rotatable bonds is 8. The number of carbonyl (C=O) groups excluding carboxylic acids is 2. The SMILES string of the molecule is NC(=O)c1cc(NC2=NCC(F)CN2)c2cnn(C(C(N)=O)[C@@H](CC(=O)O)c3cc(Cl)cc(I)c3)c2c1. The Hall–Kier alpha value is -3.46. The number of hydrogen-bond acceptors (Lipinski definition) is 7. The monoisotopic (exact) mass is 641 g/mol. The van der Waals surface area contributed by atoms with Crippen molar-refractivity contribution in [1.82, 2.24) is 15.1 Å². The summed E-state index contributed by atoms with van der Waals surface area (Å²) in [5.41, 5.74) is 12.6. The van der Waals surface area contributed by atoms with Gasteiger partial charge in [0.15, 0.2) is 5.96 Å². The summed E-state index contributed by atoms with van der Waals surface area (Å²) >= 11 is 8.26. The lowest BCUT2D eigenvalue weighted by atomic mass is 9.88. The molecule has 2 unspecified atom stereocenters. The number of aliphatic carboxylic acids is 1. The van der Waals surface area contributed by atoms with E-state index in [0.717, 1.165) is 3.57 Å². The van der Waals surface area contributed by atoms with E-state index in [0.29, 0.717) is 27.2 Å². The van der Waals surface area contributed by atoms with Crippen LogP contribution in [-0.4, -0.2) is 57.9 Å². The Morgan fingerprint density at radius 2 is 2.03 bits per heavy atom. The molecule has 7 N–H and O–H groups in total. The van der Waals surface area contributed by atoms with Gasteiger partial charge in [0.05, 0.1) is 36.9 Å². The zero-order valence-corrected chi connectivity index (χ0v) is 22.0. The average molecular weight is 642 g/mol. The highest BCUT2D eigenvalue weighted by Gasteiger charge is 2.34. The summed E-state index contributed by atoms with van der Waals surface area (Å²) in [5.74, 6) is -3.40. The van der Waals surface area contributed by atoms with E-state index in [1.54, 1.807) is 18.2 Å². The normalized spacial score (nSPS) is 16.9. The third-order valence-electron chi connectivity index (χ3n) is 5.84. The van der Waals surface area contributed by atoms with Gasteiger partial charge in [-0.15, -0.1) is 0 Å². The maximum Gasteiger partial charge on any atom is 0.304 e. The minimum atomic E-state index is -1.25. The van der Waals surface area contributed by atoms with Gasteiger partial charge in [-0.2, -0.15) is 5.10 Å². The number of nitrogens with zero attached hydrogens (tertiary/aromatic N) is 3. The number of carboxylic acid groups (broad SMARTS) is 1. The van der Waals surface area contributed by atoms with Gasteiger partial charge < -0.3 is 27.2 Å². The van der Waals surface area contributed by atoms with E-state index in [-0.39, 0.29) is 24.6 Å². The molecule has 0 bridgehead atoms. The molecule has 1 aliphatic rings. The van der Waals surface area contributed by atoms with Crippen molar-refractivity contribution in [3.05, 3.63) is 56.2 Å². The number of fused-ring (bicyclic) bond motifs is 1. The number of aromatic nitrogens is 2. The summed E-state index contributed by atoms with van der Waals surface area (Å²) in [4.78, 5) is 40.9. The molecule has 0 radical (unpaired) electrons. The van der Waals surface area contributed by atoms with Gasteiger partial charge in [0.2, 0.25) is 11.8 Å². The molecule has 2 heterocycles. The highest BCUT2D eigenvalue weighted by molar-refractivity contribution is 14.1. The van der Waals surface area contributed by atoms with Gasteiger partial charge in [-0.1, -0.05) is 11.6 Å². The standard InChI is InChI=1S/C23H22ClFIN7O4/c24-12-1-10(2-14(26)5-12)15(6-19(34)35)20(22(28)37)33-18-4-11(21(27)36)3-17(16(18)9-31-33)32-23-29-7-13(25)8-30-23/h1-5,9,13,15,20H,6-8H2,(H2,27,36)(H2,28,37)(H,34,35)(H2,29,30,32)/t15-,20?/m0/s1. The molecule has 194 valence electrons. The molecule has 2 aromatic carbocycles. The van der Waals surface area contributed by atoms with E-state index in [4.69, 9.17) is 23.1 Å². The van der Waals surface area contributed by atoms with Crippen molar-refractivity contribution in [2.75, 3.05) is 18.4 Å². The van der Waals surface area contributed by atoms with Crippen molar-refractivity contribution in [1.29, 1.82) is 0 Å². The van der Waals surface area contributed by atoms with Crippen LogP contribution in [0.2, 0.25) is 5.02 Å². The van der Waals surface area contributed by atoms with Gasteiger partial charge in [0, 0.05) is 25.5 Å². The Labute approximate surface area is 228 Å². The molecule has 11 nitrogen and oxygen atoms in total. The van der Waals surface area contributed by atoms with Crippen molar-refractivity contribution in [3.63, 3.8) is 0 Å². The van der Waals surface area contributed by atoms with Crippen LogP contribution >= 0.6 is 34.2 Å². The second-order valence-corrected chi connectivity index (χ2v) is 10.1. The summed E-state index contributed by atoms with van der Waals surface area (Å²) in [6.07, 6.45) is -0.126. The lowest BCUT2D eigenvalue weighted by molar-refractivity contribution is -0.138. The molecule has 0 saturated heterocycles. The number of carbonyl (C=O) groups is 3. The quantitative estimate of drug-likeness (QED) is 0.235. The van der Waals surface area contributed by atoms with E-state index in [1.807, 2.05) is 22.6 Å². The molecule has 14 heteroatoms. The number of halogens is 3. The third-order valence-corrected chi connectivity index (χ3v) is 6.68. The van der Waals surface area contributed by atoms with Gasteiger partial charge in [-0.25, -0.2) is 9.38 Å². The second kappa shape index (κ2) is 10.9. The van der Waals surface area contributed by atoms with E-state index >= 15 is 0 Å². The maximum atomic E-state index is 13.5. The first-order valence-electron chi connectivity index (χ1n) is 11.0. The molecule has 0 saturated carbocycles. The maximum absolute atomic E-state index is 13.5. The number of aliphatic imine (C=N–C) groups is 1. The molecule has 0 fully saturated rings. The van der Waals surface area contributed by atoms with Gasteiger partial charge >= 0.3 is 5.97 Å². The van der Waals surface area contributed by atoms with Crippen LogP contribution in [0.4, 0.5) is 10.1 Å². The van der Waals surface area contributed by atoms with Crippen LogP contribution in [0.15, 0.2) is 41.5 Å². The predicted octanol–water partition coefficient (Wildman–Crippen LogP) is 2.39. The summed E-state index contributed by atoms with van der Waals surface area (Å²) in [6.45, 7) is 0.0229. The first kappa shape index (κ1) is 26.6. The van der Waals surface area contributed by atoms with E-state index in [9.17, 15) is 23.9 Å². The number of anilines is 1. The van der Waals surface area contributed by atoms with Crippen LogP contribution < -0.4 is 22.1 Å². The lowest BCUT2D eigenvalue weighted by Crippen LogP contribution is -2.41. The number of carboxylic acids is 1. The Morgan fingerprint density at radius 1 is 1.27 bits per heavy atom. The number of nitrogens with two attached hydrogens (primary N) is 2. The Bertz CT molecular complexity index is 1410. The minimum Gasteiger partial charge on any atom is -0.481 e. The third kappa shape index (κ3) is 5.93. The lowest BCUT2D eigenvalue weighted by Gasteiger charge is -2.26. The van der Waals surface area contributed by atoms with Gasteiger partial charge in [-0.3, -0.25) is 19.1 Å². The molecular weight excluding hydrogens is 620 g/mol. The van der Waals surface area contributed by atoms with Crippen molar-refractivity contribution < 1.29 is 23.9 Å². The topological polar surface area (TPSA) is 178 Å². The first-order chi connectivity index (χ1) is 17.5. The number of amides is 2. The number of guanidine groups is 1. The van der Waals surface area contributed by atoms with E-state index < -0.39 is 42.3 Å². The molecule has 0 aliphatic carbocycles. The molecular formula is C23H22ClFIN7O4. The zero-order valence-electron chi connectivity index (χ0n) is 19.1. The summed E-state index contributed by atoms with van der Waals surface area (Å²) in [6, 6.07) is 6.65. The molecule has 4 rings (SSSR count). The smallest absolute Gasteiger partial charge is 0.304 e. The molecule has 3 atom stereocenters. The van der Waals surface area contributed by atoms with Crippen LogP contribution in [0, 0.1) is 3.57 Å². The minimum absolute atomic E-state index is 0.0354. The molecule has 1 aliphatic heterocycles. The average Bonchev–Trinajstić information content (AvgIpc) is 3.23. The van der Waals surface area contributed by atoms with Crippen molar-refractivity contribution in [2.45, 2.75) is 24.6 Å². The van der Waals surface area contributed by atoms with Crippen LogP contribution in [0.25, 0.3) is 10.9 Å². The van der Waals surface area contributed by atoms with Crippen LogP contribution in [-0.2, 0) is 9.59 Å². The van der Waals surface area contributed by atoms with Crippen molar-refractivity contribution >= 4 is 74.5 Å². The summed E-state index contributed by atoms with van der Waals surface area (Å²) in [7, 11) is 0. The van der Waals surface area contributed by atoms with Crippen molar-refractivity contribution in [3.8, 4) is 0 Å². The van der Waals surface area contributed by atoms with Crippen LogP contribution in [0.5, 0.6) is 0 Å². The highest BCUT2D eigenvalue weighted by Crippen LogP contribution is 2.37. The number of primary amides is 2. The van der Waals surface area contributed by atoms with Crippen LogP contribution in [0.1, 0.15) is 34.3 Å². The van der Waals surface area contributed by atoms with Gasteiger partial charge in [0.25, 0.3) is 0 Å². The van der Waals surface area contributed by atoms with E-state index in [1.165, 1.54) is 23.0 Å². The predicted molar refractivity (Wildman–Crippen MR) is 144 cm³/mol. The Morgan fingerprint density at radius 3 is 2.62 bits per heavy atom. The summed E-state index contributed by atoms with van der Waals surface area (Å²) < 4.78 is 15.5. The van der Waals surface area contributed by atoms with E-state index in [2.05, 4.69) is 20.7 Å². The molecule has 3 aromatic rings. The number of nitrogens with one attached hydrogen (secondary N) is 2. The second-order valence-electron chi connectivity index (χ2n) is 8.46. The molecule has 0 spiro atoms. The fourth-order valence-corrected chi connectivity index (χ4v) is 5.34.